The molecule has 0 N–H and O–H groups in total. The number of hydrogen-bond donors (Lipinski definition) is 0. The van der Waals surface area contributed by atoms with Gasteiger partial charge in [0.2, 0.25) is 5.95 Å². The lowest BCUT2D eigenvalue weighted by Gasteiger charge is -2.15. The first-order valence-corrected chi connectivity index (χ1v) is 8.61. The molecule has 0 fully saturated rings. The molecular weight excluding hydrogens is 388 g/mol. The van der Waals surface area contributed by atoms with Gasteiger partial charge in [-0.3, -0.25) is 0 Å². The van der Waals surface area contributed by atoms with Crippen molar-refractivity contribution in [3.05, 3.63) is 28.5 Å². The van der Waals surface area contributed by atoms with E-state index >= 15 is 0 Å². The van der Waals surface area contributed by atoms with Crippen LogP contribution in [0.2, 0.25) is 5.02 Å². The van der Waals surface area contributed by atoms with Crippen molar-refractivity contribution in [1.82, 2.24) is 14.8 Å². The molecule has 25 heavy (non-hydrogen) atoms. The van der Waals surface area contributed by atoms with E-state index in [1.54, 1.807) is 6.92 Å². The third-order valence-electron chi connectivity index (χ3n) is 3.25. The Morgan fingerprint density at radius 1 is 1.28 bits per heavy atom. The van der Waals surface area contributed by atoms with Gasteiger partial charge in [0.15, 0.2) is 0 Å². The maximum atomic E-state index is 13.5. The zero-order valence-electron chi connectivity index (χ0n) is 13.3. The smallest absolute Gasteiger partial charge is 0.347 e. The van der Waals surface area contributed by atoms with E-state index in [2.05, 4.69) is 10.1 Å². The van der Waals surface area contributed by atoms with Crippen LogP contribution in [0.4, 0.5) is 23.0 Å². The molecule has 0 atom stereocenters. The van der Waals surface area contributed by atoms with E-state index in [1.807, 2.05) is 0 Å². The fourth-order valence-corrected chi connectivity index (χ4v) is 3.16. The Balaban J connectivity index is 2.80. The Hall–Kier alpha value is -1.88. The number of alkyl halides is 3. The summed E-state index contributed by atoms with van der Waals surface area (Å²) in [6, 6.07) is 2.02. The van der Waals surface area contributed by atoms with E-state index in [0.717, 1.165) is 10.7 Å². The van der Waals surface area contributed by atoms with Crippen molar-refractivity contribution < 1.29 is 25.5 Å². The Labute approximate surface area is 146 Å². The Morgan fingerprint density at radius 3 is 2.32 bits per heavy atom. The van der Waals surface area contributed by atoms with Gasteiger partial charge >= 0.3 is 16.4 Å². The highest BCUT2D eigenvalue weighted by Crippen LogP contribution is 2.33. The lowest BCUT2D eigenvalue weighted by atomic mass is 10.1. The van der Waals surface area contributed by atoms with Crippen LogP contribution in [0.1, 0.15) is 18.3 Å². The first-order chi connectivity index (χ1) is 11.4. The standard InChI is InChI=1S/C13H13ClF4N4O2S/c1-4-7-5-8(14)9(6-10(7)25(18,23)24)22-12(21(2)3)19-11(20-22)13(15,16)17/h5-6H,4H2,1-3H3. The van der Waals surface area contributed by atoms with Gasteiger partial charge in [-0.05, 0) is 24.1 Å². The van der Waals surface area contributed by atoms with Crippen molar-refractivity contribution >= 4 is 27.8 Å². The van der Waals surface area contributed by atoms with E-state index in [0.29, 0.717) is 0 Å². The molecule has 2 rings (SSSR count). The highest BCUT2D eigenvalue weighted by Gasteiger charge is 2.38. The summed E-state index contributed by atoms with van der Waals surface area (Å²) >= 11 is 6.06. The number of anilines is 1. The number of hydrogen-bond acceptors (Lipinski definition) is 5. The minimum Gasteiger partial charge on any atom is -0.347 e. The van der Waals surface area contributed by atoms with Gasteiger partial charge in [-0.15, -0.1) is 8.98 Å². The SMILES string of the molecule is CCc1cc(Cl)c(-n2nc(C(F)(F)F)nc2N(C)C)cc1S(=O)(=O)F. The quantitative estimate of drug-likeness (QED) is 0.582. The fraction of sp³-hybridized carbons (Fsp3) is 0.385. The summed E-state index contributed by atoms with van der Waals surface area (Å²) in [7, 11) is -2.27. The summed E-state index contributed by atoms with van der Waals surface area (Å²) in [6.07, 6.45) is -4.66. The molecule has 0 radical (unpaired) electrons. The molecule has 0 saturated carbocycles. The van der Waals surface area contributed by atoms with E-state index in [1.165, 1.54) is 25.1 Å². The highest BCUT2D eigenvalue weighted by molar-refractivity contribution is 7.86. The second kappa shape index (κ2) is 6.45. The summed E-state index contributed by atoms with van der Waals surface area (Å²) in [4.78, 5) is 3.94. The number of nitrogens with zero attached hydrogens (tertiary/aromatic N) is 4. The molecule has 2 aromatic rings. The molecule has 1 heterocycles. The van der Waals surface area contributed by atoms with Crippen molar-refractivity contribution in [3.63, 3.8) is 0 Å². The zero-order valence-corrected chi connectivity index (χ0v) is 14.8. The second-order valence-corrected chi connectivity index (χ2v) is 6.96. The number of rotatable bonds is 4. The summed E-state index contributed by atoms with van der Waals surface area (Å²) in [5, 5.41) is 3.26. The first kappa shape index (κ1) is 19.4. The van der Waals surface area contributed by atoms with Gasteiger partial charge < -0.3 is 4.90 Å². The highest BCUT2D eigenvalue weighted by atomic mass is 35.5. The normalized spacial score (nSPS) is 12.5. The van der Waals surface area contributed by atoms with Crippen molar-refractivity contribution in [2.75, 3.05) is 19.0 Å². The summed E-state index contributed by atoms with van der Waals surface area (Å²) in [5.74, 6) is -1.68. The van der Waals surface area contributed by atoms with E-state index in [-0.39, 0.29) is 28.6 Å². The first-order valence-electron chi connectivity index (χ1n) is 6.85. The van der Waals surface area contributed by atoms with E-state index < -0.39 is 27.1 Å². The monoisotopic (exact) mass is 400 g/mol. The van der Waals surface area contributed by atoms with Crippen LogP contribution < -0.4 is 4.90 Å². The molecule has 1 aromatic carbocycles. The average molecular weight is 401 g/mol. The predicted octanol–water partition coefficient (Wildman–Crippen LogP) is 3.23. The molecule has 0 spiro atoms. The molecule has 0 unspecified atom stereocenters. The van der Waals surface area contributed by atoms with Crippen LogP contribution in [0.25, 0.3) is 5.69 Å². The van der Waals surface area contributed by atoms with Gasteiger partial charge in [0.1, 0.15) is 4.90 Å². The molecule has 0 bridgehead atoms. The van der Waals surface area contributed by atoms with Crippen LogP contribution in [0, 0.1) is 0 Å². The molecule has 1 aromatic heterocycles. The summed E-state index contributed by atoms with van der Waals surface area (Å²) in [6.45, 7) is 1.59. The van der Waals surface area contributed by atoms with Crippen LogP contribution in [-0.4, -0.2) is 37.3 Å². The molecule has 0 aliphatic heterocycles. The van der Waals surface area contributed by atoms with E-state index in [9.17, 15) is 25.5 Å². The van der Waals surface area contributed by atoms with Crippen LogP contribution in [-0.2, 0) is 22.8 Å². The zero-order chi connectivity index (χ0) is 19.2. The van der Waals surface area contributed by atoms with Crippen LogP contribution >= 0.6 is 11.6 Å². The number of aromatic nitrogens is 3. The maximum absolute atomic E-state index is 13.5. The van der Waals surface area contributed by atoms with Gasteiger partial charge in [0, 0.05) is 14.1 Å². The molecule has 0 aliphatic rings. The van der Waals surface area contributed by atoms with Crippen molar-refractivity contribution in [3.8, 4) is 5.69 Å². The molecule has 0 aliphatic carbocycles. The van der Waals surface area contributed by atoms with Gasteiger partial charge in [-0.2, -0.15) is 31.3 Å². The average Bonchev–Trinajstić information content (AvgIpc) is 2.90. The van der Waals surface area contributed by atoms with Gasteiger partial charge in [0.25, 0.3) is 5.82 Å². The number of halogens is 5. The van der Waals surface area contributed by atoms with Crippen molar-refractivity contribution in [2.24, 2.45) is 0 Å². The van der Waals surface area contributed by atoms with Crippen LogP contribution in [0.3, 0.4) is 0 Å². The lowest BCUT2D eigenvalue weighted by molar-refractivity contribution is -0.144. The maximum Gasteiger partial charge on any atom is 0.453 e. The van der Waals surface area contributed by atoms with Crippen molar-refractivity contribution in [2.45, 2.75) is 24.4 Å². The largest absolute Gasteiger partial charge is 0.453 e. The molecule has 0 saturated heterocycles. The van der Waals surface area contributed by atoms with Gasteiger partial charge in [-0.25, -0.2) is 0 Å². The summed E-state index contributed by atoms with van der Waals surface area (Å²) < 4.78 is 75.7. The summed E-state index contributed by atoms with van der Waals surface area (Å²) in [5.41, 5.74) is -0.138. The van der Waals surface area contributed by atoms with Crippen LogP contribution in [0.5, 0.6) is 0 Å². The third-order valence-corrected chi connectivity index (χ3v) is 4.45. The van der Waals surface area contributed by atoms with E-state index in [4.69, 9.17) is 11.6 Å². The molecule has 12 heteroatoms. The molecule has 0 amide bonds. The van der Waals surface area contributed by atoms with Gasteiger partial charge in [0.05, 0.1) is 10.7 Å². The predicted molar refractivity (Wildman–Crippen MR) is 83.4 cm³/mol. The van der Waals surface area contributed by atoms with Crippen molar-refractivity contribution in [1.29, 1.82) is 0 Å². The number of benzene rings is 1. The third kappa shape index (κ3) is 3.87. The topological polar surface area (TPSA) is 68.1 Å². The molecule has 138 valence electrons. The Morgan fingerprint density at radius 2 is 1.88 bits per heavy atom. The Bertz CT molecular complexity index is 909. The number of aryl methyl sites for hydroxylation is 1. The minimum atomic E-state index is -5.10. The lowest BCUT2D eigenvalue weighted by Crippen LogP contribution is -2.16. The minimum absolute atomic E-state index is 0.0917. The van der Waals surface area contributed by atoms with Crippen LogP contribution in [0.15, 0.2) is 17.0 Å². The Kier molecular flexibility index (Phi) is 5.01. The fourth-order valence-electron chi connectivity index (χ4n) is 2.12. The molecular formula is C13H13ClF4N4O2S. The second-order valence-electron chi connectivity index (χ2n) is 5.24. The molecule has 6 nitrogen and oxygen atoms in total. The van der Waals surface area contributed by atoms with Gasteiger partial charge in [-0.1, -0.05) is 18.5 Å².